The molecule has 9 nitrogen and oxygen atoms in total. The summed E-state index contributed by atoms with van der Waals surface area (Å²) in [4.78, 5) is 48.7. The minimum atomic E-state index is -1.13. The van der Waals surface area contributed by atoms with Crippen LogP contribution in [0, 0.1) is 10.1 Å². The smallest absolute Gasteiger partial charge is 0.357 e. The molecule has 1 aromatic carbocycles. The van der Waals surface area contributed by atoms with Crippen LogP contribution >= 0.6 is 0 Å². The molecule has 3 rings (SSSR count). The Hall–Kier alpha value is -3.75. The summed E-state index contributed by atoms with van der Waals surface area (Å²) in [5.74, 6) is 0. The van der Waals surface area contributed by atoms with Gasteiger partial charge in [-0.15, -0.1) is 0 Å². The lowest BCUT2D eigenvalue weighted by Crippen LogP contribution is -2.25. The van der Waals surface area contributed by atoms with E-state index in [-0.39, 0.29) is 11.3 Å². The summed E-state index contributed by atoms with van der Waals surface area (Å²) in [7, 11) is 0. The van der Waals surface area contributed by atoms with Crippen LogP contribution in [0.5, 0.6) is 0 Å². The summed E-state index contributed by atoms with van der Waals surface area (Å²) in [6.45, 7) is 0. The van der Waals surface area contributed by atoms with Crippen molar-refractivity contribution in [1.29, 1.82) is 0 Å². The summed E-state index contributed by atoms with van der Waals surface area (Å²) in [5, 5.41) is 11.6. The molecule has 0 fully saturated rings. The normalized spacial score (nSPS) is 11.2. The van der Waals surface area contributed by atoms with E-state index in [0.29, 0.717) is 11.0 Å². The second-order valence-corrected chi connectivity index (χ2v) is 4.79. The molecule has 24 heavy (non-hydrogen) atoms. The van der Waals surface area contributed by atoms with Crippen molar-refractivity contribution in [1.82, 2.24) is 9.97 Å². The zero-order valence-corrected chi connectivity index (χ0v) is 11.9. The van der Waals surface area contributed by atoms with Gasteiger partial charge in [0.1, 0.15) is 11.3 Å². The maximum Gasteiger partial charge on any atom is 0.357 e. The van der Waals surface area contributed by atoms with Crippen molar-refractivity contribution >= 4 is 28.8 Å². The van der Waals surface area contributed by atoms with Gasteiger partial charge in [0.15, 0.2) is 0 Å². The van der Waals surface area contributed by atoms with E-state index in [9.17, 15) is 24.5 Å². The maximum atomic E-state index is 11.9. The second-order valence-electron chi connectivity index (χ2n) is 4.79. The second kappa shape index (κ2) is 5.80. The Morgan fingerprint density at radius 3 is 2.58 bits per heavy atom. The first-order valence-electron chi connectivity index (χ1n) is 6.67. The van der Waals surface area contributed by atoms with Crippen LogP contribution in [0.1, 0.15) is 11.3 Å². The number of hydrogen-bond acceptors (Lipinski definition) is 6. The van der Waals surface area contributed by atoms with E-state index in [4.69, 9.17) is 4.42 Å². The summed E-state index contributed by atoms with van der Waals surface area (Å²) in [5.41, 5.74) is -3.30. The highest BCUT2D eigenvalue weighted by Crippen LogP contribution is 2.15. The van der Waals surface area contributed by atoms with E-state index in [1.165, 1.54) is 12.1 Å². The van der Waals surface area contributed by atoms with Crippen molar-refractivity contribution < 1.29 is 9.34 Å². The number of aromatic amines is 2. The fraction of sp³-hybridized carbons (Fsp3) is 0. The number of para-hydroxylation sites is 1. The van der Waals surface area contributed by atoms with Gasteiger partial charge in [0, 0.05) is 5.39 Å². The van der Waals surface area contributed by atoms with E-state index in [0.717, 1.165) is 6.08 Å². The molecule has 0 aliphatic rings. The fourth-order valence-electron chi connectivity index (χ4n) is 2.17. The van der Waals surface area contributed by atoms with Crippen molar-refractivity contribution in [3.05, 3.63) is 83.0 Å². The number of aromatic nitrogens is 2. The third-order valence-electron chi connectivity index (χ3n) is 3.23. The molecule has 3 aromatic rings. The Labute approximate surface area is 132 Å². The van der Waals surface area contributed by atoms with Gasteiger partial charge in [-0.2, -0.15) is 0 Å². The van der Waals surface area contributed by atoms with Crippen molar-refractivity contribution in [3.63, 3.8) is 0 Å². The quantitative estimate of drug-likeness (QED) is 0.421. The Balaban J connectivity index is 2.14. The fourth-order valence-corrected chi connectivity index (χ4v) is 2.17. The largest absolute Gasteiger partial charge is 0.422 e. The van der Waals surface area contributed by atoms with Crippen molar-refractivity contribution in [2.75, 3.05) is 0 Å². The topological polar surface area (TPSA) is 139 Å². The predicted octanol–water partition coefficient (Wildman–Crippen LogP) is 1.25. The summed E-state index contributed by atoms with van der Waals surface area (Å²) >= 11 is 0. The first-order chi connectivity index (χ1) is 11.5. The monoisotopic (exact) mass is 327 g/mol. The van der Waals surface area contributed by atoms with Gasteiger partial charge in [-0.25, -0.2) is 9.59 Å². The molecule has 0 bridgehead atoms. The molecular formula is C15H9N3O6. The van der Waals surface area contributed by atoms with Crippen LogP contribution in [0.4, 0.5) is 5.69 Å². The molecular weight excluding hydrogens is 318 g/mol. The molecule has 0 saturated heterocycles. The predicted molar refractivity (Wildman–Crippen MR) is 85.7 cm³/mol. The van der Waals surface area contributed by atoms with Crippen LogP contribution in [0.3, 0.4) is 0 Å². The van der Waals surface area contributed by atoms with E-state index >= 15 is 0 Å². The van der Waals surface area contributed by atoms with Gasteiger partial charge in [-0.1, -0.05) is 18.2 Å². The molecule has 0 unspecified atom stereocenters. The Kier molecular flexibility index (Phi) is 3.66. The van der Waals surface area contributed by atoms with Crippen molar-refractivity contribution in [2.45, 2.75) is 0 Å². The number of nitrogens with zero attached hydrogens (tertiary/aromatic N) is 1. The minimum Gasteiger partial charge on any atom is -0.422 e. The van der Waals surface area contributed by atoms with Gasteiger partial charge >= 0.3 is 22.6 Å². The molecule has 0 radical (unpaired) electrons. The molecule has 9 heteroatoms. The summed E-state index contributed by atoms with van der Waals surface area (Å²) in [6.07, 6.45) is 2.34. The van der Waals surface area contributed by atoms with Crippen LogP contribution in [0.2, 0.25) is 0 Å². The zero-order valence-electron chi connectivity index (χ0n) is 11.9. The Morgan fingerprint density at radius 1 is 1.08 bits per heavy atom. The van der Waals surface area contributed by atoms with E-state index in [1.54, 1.807) is 29.2 Å². The van der Waals surface area contributed by atoms with Crippen molar-refractivity contribution in [3.8, 4) is 0 Å². The number of H-pyrrole nitrogens is 2. The standard InChI is InChI=1S/C15H9N3O6/c19-13-12(18(22)23)10(16-15(21)17-13)6-5-9-7-8-3-1-2-4-11(8)24-14(9)20/h1-7H,(H2,16,17,19,21)/b6-5+. The molecule has 0 aliphatic carbocycles. The lowest BCUT2D eigenvalue weighted by molar-refractivity contribution is -0.386. The van der Waals surface area contributed by atoms with Crippen LogP contribution in [-0.4, -0.2) is 14.9 Å². The van der Waals surface area contributed by atoms with E-state index in [2.05, 4.69) is 4.98 Å². The SMILES string of the molecule is O=c1[nH]c(/C=C/c2cc3ccccc3oc2=O)c([N+](=O)[O-])c(=O)[nH]1. The number of benzene rings is 1. The third-order valence-corrected chi connectivity index (χ3v) is 3.23. The van der Waals surface area contributed by atoms with Crippen molar-refractivity contribution in [2.24, 2.45) is 0 Å². The summed E-state index contributed by atoms with van der Waals surface area (Å²) < 4.78 is 5.13. The summed E-state index contributed by atoms with van der Waals surface area (Å²) in [6, 6.07) is 8.37. The highest BCUT2D eigenvalue weighted by molar-refractivity contribution is 5.80. The van der Waals surface area contributed by atoms with Crippen LogP contribution in [-0.2, 0) is 0 Å². The maximum absolute atomic E-state index is 11.9. The lowest BCUT2D eigenvalue weighted by atomic mass is 10.1. The highest BCUT2D eigenvalue weighted by Gasteiger charge is 2.18. The van der Waals surface area contributed by atoms with Crippen LogP contribution in [0.15, 0.2) is 49.1 Å². The van der Waals surface area contributed by atoms with Gasteiger partial charge in [-0.3, -0.25) is 19.9 Å². The minimum absolute atomic E-state index is 0.115. The molecule has 0 spiro atoms. The van der Waals surface area contributed by atoms with E-state index in [1.807, 2.05) is 0 Å². The molecule has 2 aromatic heterocycles. The van der Waals surface area contributed by atoms with E-state index < -0.39 is 27.5 Å². The van der Waals surface area contributed by atoms with Crippen LogP contribution in [0.25, 0.3) is 23.1 Å². The number of nitro groups is 1. The molecule has 0 amide bonds. The lowest BCUT2D eigenvalue weighted by Gasteiger charge is -1.98. The van der Waals surface area contributed by atoms with Gasteiger partial charge < -0.3 is 9.40 Å². The first kappa shape index (κ1) is 15.2. The average molecular weight is 327 g/mol. The number of nitrogens with one attached hydrogen (secondary N) is 2. The molecule has 2 heterocycles. The van der Waals surface area contributed by atoms with Gasteiger partial charge in [0.2, 0.25) is 0 Å². The molecule has 0 atom stereocenters. The molecule has 2 N–H and O–H groups in total. The van der Waals surface area contributed by atoms with Gasteiger partial charge in [0.25, 0.3) is 0 Å². The Morgan fingerprint density at radius 2 is 1.83 bits per heavy atom. The molecule has 0 aliphatic heterocycles. The van der Waals surface area contributed by atoms with Gasteiger partial charge in [-0.05, 0) is 24.3 Å². The highest BCUT2D eigenvalue weighted by atomic mass is 16.6. The molecule has 0 saturated carbocycles. The van der Waals surface area contributed by atoms with Crippen LogP contribution < -0.4 is 16.9 Å². The third kappa shape index (κ3) is 2.77. The molecule has 120 valence electrons. The number of fused-ring (bicyclic) bond motifs is 1. The van der Waals surface area contributed by atoms with Gasteiger partial charge in [0.05, 0.1) is 10.5 Å². The number of hydrogen-bond donors (Lipinski definition) is 2. The number of rotatable bonds is 3. The Bertz CT molecular complexity index is 1150. The zero-order chi connectivity index (χ0) is 17.3. The average Bonchev–Trinajstić information content (AvgIpc) is 2.51. The first-order valence-corrected chi connectivity index (χ1v) is 6.67.